The number of nitrogens with one attached hydrogen (secondary N) is 1. The molecule has 2 amide bonds. The lowest BCUT2D eigenvalue weighted by Crippen LogP contribution is -2.45. The number of fused-ring (bicyclic) bond motifs is 2. The smallest absolute Gasteiger partial charge is 0.317 e. The van der Waals surface area contributed by atoms with Crippen LogP contribution in [0.25, 0.3) is 0 Å². The predicted molar refractivity (Wildman–Crippen MR) is 100 cm³/mol. The number of carbonyl (C=O) groups excluding carboxylic acids is 1. The predicted octanol–water partition coefficient (Wildman–Crippen LogP) is 2.90. The molecule has 138 valence electrons. The quantitative estimate of drug-likeness (QED) is 0.807. The van der Waals surface area contributed by atoms with Crippen molar-refractivity contribution in [1.29, 1.82) is 0 Å². The molecule has 5 nitrogen and oxygen atoms in total. The Bertz CT molecular complexity index is 561. The first-order valence-electron chi connectivity index (χ1n) is 9.55. The molecule has 0 aromatic heterocycles. The number of hydrogen-bond donors (Lipinski definition) is 1. The number of carbonyl (C=O) groups is 1. The van der Waals surface area contributed by atoms with Gasteiger partial charge in [0.1, 0.15) is 5.75 Å². The highest BCUT2D eigenvalue weighted by Crippen LogP contribution is 2.28. The first-order valence-corrected chi connectivity index (χ1v) is 9.55. The zero-order valence-electron chi connectivity index (χ0n) is 15.5. The Morgan fingerprint density at radius 2 is 1.92 bits per heavy atom. The minimum atomic E-state index is 0.116. The topological polar surface area (TPSA) is 44.8 Å². The van der Waals surface area contributed by atoms with E-state index in [1.165, 1.54) is 18.4 Å². The molecule has 1 aromatic carbocycles. The summed E-state index contributed by atoms with van der Waals surface area (Å²) >= 11 is 0. The summed E-state index contributed by atoms with van der Waals surface area (Å²) in [6.45, 7) is 2.53. The fraction of sp³-hybridized carbons (Fsp3) is 0.650. The summed E-state index contributed by atoms with van der Waals surface area (Å²) in [7, 11) is 3.90. The van der Waals surface area contributed by atoms with E-state index in [4.69, 9.17) is 4.74 Å². The zero-order chi connectivity index (χ0) is 17.6. The van der Waals surface area contributed by atoms with Crippen LogP contribution >= 0.6 is 0 Å². The summed E-state index contributed by atoms with van der Waals surface area (Å²) < 4.78 is 5.17. The lowest BCUT2D eigenvalue weighted by atomic mass is 10.1. The molecule has 2 unspecified atom stereocenters. The minimum Gasteiger partial charge on any atom is -0.497 e. The number of likely N-dealkylation sites (N-methyl/N-ethyl adjacent to an activating group) is 1. The fourth-order valence-corrected chi connectivity index (χ4v) is 4.05. The highest BCUT2D eigenvalue weighted by molar-refractivity contribution is 5.74. The summed E-state index contributed by atoms with van der Waals surface area (Å²) in [5.41, 5.74) is 1.32. The van der Waals surface area contributed by atoms with Crippen LogP contribution in [0, 0.1) is 0 Å². The van der Waals surface area contributed by atoms with Gasteiger partial charge in [-0.1, -0.05) is 12.1 Å². The number of hydrogen-bond acceptors (Lipinski definition) is 3. The molecule has 2 fully saturated rings. The summed E-state index contributed by atoms with van der Waals surface area (Å²) in [6, 6.07) is 9.56. The third-order valence-electron chi connectivity index (χ3n) is 5.76. The van der Waals surface area contributed by atoms with E-state index in [-0.39, 0.29) is 6.03 Å². The van der Waals surface area contributed by atoms with E-state index in [0.29, 0.717) is 12.1 Å². The summed E-state index contributed by atoms with van der Waals surface area (Å²) in [4.78, 5) is 16.9. The first-order chi connectivity index (χ1) is 12.2. The number of unbranched alkanes of at least 4 members (excludes halogenated alkanes) is 1. The van der Waals surface area contributed by atoms with Crippen molar-refractivity contribution in [3.63, 3.8) is 0 Å². The van der Waals surface area contributed by atoms with Crippen molar-refractivity contribution in [2.45, 2.75) is 50.6 Å². The highest BCUT2D eigenvalue weighted by Gasteiger charge is 2.35. The van der Waals surface area contributed by atoms with Gasteiger partial charge in [0.15, 0.2) is 0 Å². The van der Waals surface area contributed by atoms with E-state index >= 15 is 0 Å². The van der Waals surface area contributed by atoms with Crippen LogP contribution in [0.5, 0.6) is 5.75 Å². The number of likely N-dealkylation sites (tertiary alicyclic amines) is 1. The van der Waals surface area contributed by atoms with Crippen LogP contribution in [0.3, 0.4) is 0 Å². The Balaban J connectivity index is 1.34. The number of methoxy groups -OCH3 is 1. The molecule has 25 heavy (non-hydrogen) atoms. The van der Waals surface area contributed by atoms with Gasteiger partial charge in [-0.3, -0.25) is 4.90 Å². The Morgan fingerprint density at radius 1 is 1.16 bits per heavy atom. The monoisotopic (exact) mass is 345 g/mol. The second-order valence-corrected chi connectivity index (χ2v) is 7.32. The molecule has 1 aromatic rings. The molecule has 0 spiro atoms. The second kappa shape index (κ2) is 8.56. The van der Waals surface area contributed by atoms with Crippen LogP contribution in [0.15, 0.2) is 24.3 Å². The molecule has 0 aliphatic carbocycles. The maximum Gasteiger partial charge on any atom is 0.317 e. The second-order valence-electron chi connectivity index (χ2n) is 7.32. The van der Waals surface area contributed by atoms with Crippen molar-refractivity contribution in [1.82, 2.24) is 15.1 Å². The van der Waals surface area contributed by atoms with Crippen molar-refractivity contribution in [2.24, 2.45) is 0 Å². The molecule has 2 saturated heterocycles. The third kappa shape index (κ3) is 4.66. The van der Waals surface area contributed by atoms with Crippen LogP contribution in [0.2, 0.25) is 0 Å². The number of ether oxygens (including phenoxy) is 1. The van der Waals surface area contributed by atoms with Gasteiger partial charge in [-0.05, 0) is 63.3 Å². The molecular formula is C20H31N3O2. The van der Waals surface area contributed by atoms with Crippen LogP contribution in [0.1, 0.15) is 37.7 Å². The number of rotatable bonds is 6. The molecule has 2 heterocycles. The van der Waals surface area contributed by atoms with Crippen molar-refractivity contribution in [3.8, 4) is 5.75 Å². The molecule has 2 aliphatic heterocycles. The summed E-state index contributed by atoms with van der Waals surface area (Å²) in [5.74, 6) is 0.896. The molecule has 1 N–H and O–H groups in total. The van der Waals surface area contributed by atoms with E-state index < -0.39 is 0 Å². The van der Waals surface area contributed by atoms with Gasteiger partial charge in [0, 0.05) is 31.7 Å². The average molecular weight is 345 g/mol. The molecule has 0 radical (unpaired) electrons. The maximum absolute atomic E-state index is 12.4. The lowest BCUT2D eigenvalue weighted by Gasteiger charge is -2.26. The summed E-state index contributed by atoms with van der Waals surface area (Å²) in [5, 5.41) is 3.11. The Kier molecular flexibility index (Phi) is 6.19. The molecule has 0 saturated carbocycles. The molecule has 2 bridgehead atoms. The number of nitrogens with zero attached hydrogens (tertiary/aromatic N) is 2. The number of amides is 2. The minimum absolute atomic E-state index is 0.116. The van der Waals surface area contributed by atoms with Crippen LogP contribution < -0.4 is 10.1 Å². The van der Waals surface area contributed by atoms with Crippen LogP contribution in [-0.2, 0) is 6.42 Å². The zero-order valence-corrected chi connectivity index (χ0v) is 15.5. The van der Waals surface area contributed by atoms with Gasteiger partial charge in [-0.2, -0.15) is 0 Å². The van der Waals surface area contributed by atoms with E-state index in [0.717, 1.165) is 51.1 Å². The molecule has 2 aliphatic rings. The van der Waals surface area contributed by atoms with Gasteiger partial charge in [0.05, 0.1) is 7.11 Å². The maximum atomic E-state index is 12.4. The Labute approximate surface area is 151 Å². The normalized spacial score (nSPS) is 23.4. The van der Waals surface area contributed by atoms with E-state index in [1.54, 1.807) is 7.11 Å². The van der Waals surface area contributed by atoms with E-state index in [9.17, 15) is 4.79 Å². The van der Waals surface area contributed by atoms with Crippen LogP contribution in [-0.4, -0.2) is 61.7 Å². The Morgan fingerprint density at radius 3 is 2.68 bits per heavy atom. The number of benzene rings is 1. The SMILES string of the molecule is COc1ccc(CCCCNC(=O)N2CCC3CCC(C2)N3C)cc1. The van der Waals surface area contributed by atoms with E-state index in [1.807, 2.05) is 17.0 Å². The fourth-order valence-electron chi connectivity index (χ4n) is 4.05. The summed E-state index contributed by atoms with van der Waals surface area (Å²) in [6.07, 6.45) is 6.77. The number of aryl methyl sites for hydroxylation is 1. The first kappa shape index (κ1) is 18.1. The average Bonchev–Trinajstić information content (AvgIpc) is 2.87. The highest BCUT2D eigenvalue weighted by atomic mass is 16.5. The van der Waals surface area contributed by atoms with Crippen molar-refractivity contribution in [2.75, 3.05) is 33.8 Å². The lowest BCUT2D eigenvalue weighted by molar-refractivity contribution is 0.188. The van der Waals surface area contributed by atoms with Gasteiger partial charge >= 0.3 is 6.03 Å². The van der Waals surface area contributed by atoms with Crippen molar-refractivity contribution >= 4 is 6.03 Å². The molecule has 5 heteroatoms. The molecule has 3 rings (SSSR count). The van der Waals surface area contributed by atoms with Crippen molar-refractivity contribution in [3.05, 3.63) is 29.8 Å². The standard InChI is InChI=1S/C20H31N3O2/c1-22-17-8-9-18(22)15-23(14-12-17)20(24)21-13-4-3-5-16-6-10-19(25-2)11-7-16/h6-7,10-11,17-18H,3-5,8-9,12-15H2,1-2H3,(H,21,24). The third-order valence-corrected chi connectivity index (χ3v) is 5.76. The van der Waals surface area contributed by atoms with Crippen LogP contribution in [0.4, 0.5) is 4.79 Å². The molecule has 2 atom stereocenters. The number of urea groups is 1. The van der Waals surface area contributed by atoms with Gasteiger partial charge in [0.25, 0.3) is 0 Å². The van der Waals surface area contributed by atoms with Crippen molar-refractivity contribution < 1.29 is 9.53 Å². The molecular weight excluding hydrogens is 314 g/mol. The Hall–Kier alpha value is -1.75. The van der Waals surface area contributed by atoms with Gasteiger partial charge in [-0.15, -0.1) is 0 Å². The van der Waals surface area contributed by atoms with E-state index in [2.05, 4.69) is 29.4 Å². The largest absolute Gasteiger partial charge is 0.497 e. The van der Waals surface area contributed by atoms with Gasteiger partial charge < -0.3 is 15.0 Å². The van der Waals surface area contributed by atoms with Gasteiger partial charge in [-0.25, -0.2) is 4.79 Å². The van der Waals surface area contributed by atoms with Gasteiger partial charge in [0.2, 0.25) is 0 Å².